The monoisotopic (exact) mass is 276 g/mol. The van der Waals surface area contributed by atoms with Crippen molar-refractivity contribution in [3.05, 3.63) is 29.3 Å². The Labute approximate surface area is 115 Å². The van der Waals surface area contributed by atoms with Gasteiger partial charge in [-0.3, -0.25) is 19.0 Å². The molecule has 0 radical (unpaired) electrons. The van der Waals surface area contributed by atoms with Crippen molar-refractivity contribution in [1.29, 1.82) is 0 Å². The number of aryl methyl sites for hydroxylation is 3. The average Bonchev–Trinajstić information content (AvgIpc) is 2.92. The second-order valence-electron chi connectivity index (χ2n) is 4.34. The molecule has 0 saturated heterocycles. The van der Waals surface area contributed by atoms with Gasteiger partial charge in [0.1, 0.15) is 5.69 Å². The molecule has 0 aliphatic carbocycles. The third-order valence-corrected chi connectivity index (χ3v) is 2.88. The van der Waals surface area contributed by atoms with Gasteiger partial charge in [0.15, 0.2) is 0 Å². The van der Waals surface area contributed by atoms with Gasteiger partial charge in [-0.2, -0.15) is 10.2 Å². The van der Waals surface area contributed by atoms with Crippen molar-refractivity contribution in [2.24, 2.45) is 12.8 Å². The summed E-state index contributed by atoms with van der Waals surface area (Å²) >= 11 is 0. The van der Waals surface area contributed by atoms with Gasteiger partial charge in [0.25, 0.3) is 11.8 Å². The van der Waals surface area contributed by atoms with E-state index in [4.69, 9.17) is 5.73 Å². The maximum Gasteiger partial charge on any atom is 0.269 e. The first-order chi connectivity index (χ1) is 9.43. The highest BCUT2D eigenvalue weighted by Gasteiger charge is 2.19. The third kappa shape index (κ3) is 2.40. The van der Waals surface area contributed by atoms with Crippen LogP contribution in [-0.2, 0) is 13.6 Å². The van der Waals surface area contributed by atoms with Gasteiger partial charge in [-0.1, -0.05) is 0 Å². The van der Waals surface area contributed by atoms with Crippen LogP contribution >= 0.6 is 0 Å². The molecular formula is C12H16N6O2. The number of amides is 2. The van der Waals surface area contributed by atoms with Crippen LogP contribution in [0.4, 0.5) is 5.69 Å². The maximum absolute atomic E-state index is 12.2. The highest BCUT2D eigenvalue weighted by Crippen LogP contribution is 2.16. The van der Waals surface area contributed by atoms with Gasteiger partial charge in [-0.25, -0.2) is 0 Å². The fraction of sp³-hybridized carbons (Fsp3) is 0.333. The van der Waals surface area contributed by atoms with Gasteiger partial charge < -0.3 is 11.1 Å². The van der Waals surface area contributed by atoms with Gasteiger partial charge in [0.2, 0.25) is 0 Å². The lowest BCUT2D eigenvalue weighted by atomic mass is 10.2. The predicted octanol–water partition coefficient (Wildman–Crippen LogP) is 0.296. The summed E-state index contributed by atoms with van der Waals surface area (Å²) in [5.41, 5.74) is 6.84. The number of nitrogens with one attached hydrogen (secondary N) is 1. The molecule has 0 atom stereocenters. The van der Waals surface area contributed by atoms with Gasteiger partial charge in [0, 0.05) is 19.8 Å². The highest BCUT2D eigenvalue weighted by molar-refractivity contribution is 6.08. The fourth-order valence-corrected chi connectivity index (χ4v) is 1.99. The van der Waals surface area contributed by atoms with Crippen molar-refractivity contribution in [2.45, 2.75) is 20.4 Å². The van der Waals surface area contributed by atoms with Gasteiger partial charge >= 0.3 is 0 Å². The highest BCUT2D eigenvalue weighted by atomic mass is 16.2. The Kier molecular flexibility index (Phi) is 3.55. The second-order valence-corrected chi connectivity index (χ2v) is 4.34. The van der Waals surface area contributed by atoms with Crippen LogP contribution < -0.4 is 11.1 Å². The van der Waals surface area contributed by atoms with E-state index in [9.17, 15) is 9.59 Å². The number of anilines is 1. The molecule has 0 aromatic carbocycles. The summed E-state index contributed by atoms with van der Waals surface area (Å²) in [5, 5.41) is 10.7. The number of nitrogens with two attached hydrogens (primary N) is 1. The molecule has 8 heteroatoms. The maximum atomic E-state index is 12.2. The standard InChI is InChI=1S/C12H16N6O2/c1-4-18-10(11(13)19)9(5-14-18)15-12(20)8-6-17(3)16-7(8)2/h5-6H,4H2,1-3H3,(H2,13,19)(H,15,20). The second kappa shape index (κ2) is 5.16. The minimum Gasteiger partial charge on any atom is -0.364 e. The van der Waals surface area contributed by atoms with Crippen LogP contribution in [0.5, 0.6) is 0 Å². The molecule has 20 heavy (non-hydrogen) atoms. The zero-order valence-electron chi connectivity index (χ0n) is 11.5. The molecule has 2 amide bonds. The Balaban J connectivity index is 2.31. The topological polar surface area (TPSA) is 108 Å². The third-order valence-electron chi connectivity index (χ3n) is 2.88. The summed E-state index contributed by atoms with van der Waals surface area (Å²) < 4.78 is 2.99. The van der Waals surface area contributed by atoms with Gasteiger partial charge in [-0.15, -0.1) is 0 Å². The summed E-state index contributed by atoms with van der Waals surface area (Å²) in [4.78, 5) is 23.6. The predicted molar refractivity (Wildman–Crippen MR) is 72.3 cm³/mol. The van der Waals surface area contributed by atoms with Gasteiger partial charge in [-0.05, 0) is 13.8 Å². The van der Waals surface area contributed by atoms with Crippen molar-refractivity contribution in [3.8, 4) is 0 Å². The van der Waals surface area contributed by atoms with E-state index in [0.29, 0.717) is 23.5 Å². The number of primary amides is 1. The summed E-state index contributed by atoms with van der Waals surface area (Å²) in [6.07, 6.45) is 3.02. The van der Waals surface area contributed by atoms with Gasteiger partial charge in [0.05, 0.1) is 23.1 Å². The van der Waals surface area contributed by atoms with E-state index in [1.807, 2.05) is 6.92 Å². The zero-order valence-corrected chi connectivity index (χ0v) is 11.5. The minimum absolute atomic E-state index is 0.183. The van der Waals surface area contributed by atoms with Crippen LogP contribution in [-0.4, -0.2) is 31.4 Å². The van der Waals surface area contributed by atoms with Crippen molar-refractivity contribution in [1.82, 2.24) is 19.6 Å². The molecular weight excluding hydrogens is 260 g/mol. The van der Waals surface area contributed by atoms with E-state index < -0.39 is 5.91 Å². The Morgan fingerprint density at radius 3 is 2.65 bits per heavy atom. The SMILES string of the molecule is CCn1ncc(NC(=O)c2cn(C)nc2C)c1C(N)=O. The molecule has 0 aliphatic rings. The quantitative estimate of drug-likeness (QED) is 0.837. The van der Waals surface area contributed by atoms with Crippen LogP contribution in [0.25, 0.3) is 0 Å². The van der Waals surface area contributed by atoms with E-state index >= 15 is 0 Å². The Hall–Kier alpha value is -2.64. The minimum atomic E-state index is -0.637. The average molecular weight is 276 g/mol. The first-order valence-electron chi connectivity index (χ1n) is 6.11. The number of hydrogen-bond donors (Lipinski definition) is 2. The molecule has 0 fully saturated rings. The number of carbonyl (C=O) groups is 2. The molecule has 2 aromatic rings. The Bertz CT molecular complexity index is 670. The molecule has 2 rings (SSSR count). The van der Waals surface area contributed by atoms with E-state index in [1.54, 1.807) is 24.9 Å². The van der Waals surface area contributed by atoms with Crippen molar-refractivity contribution in [2.75, 3.05) is 5.32 Å². The molecule has 2 aromatic heterocycles. The van der Waals surface area contributed by atoms with Crippen LogP contribution in [0, 0.1) is 6.92 Å². The normalized spacial score (nSPS) is 10.6. The summed E-state index contributed by atoms with van der Waals surface area (Å²) in [6, 6.07) is 0. The summed E-state index contributed by atoms with van der Waals surface area (Å²) in [6.45, 7) is 4.05. The Morgan fingerprint density at radius 2 is 2.15 bits per heavy atom. The number of hydrogen-bond acceptors (Lipinski definition) is 4. The molecule has 0 aliphatic heterocycles. The smallest absolute Gasteiger partial charge is 0.269 e. The number of rotatable bonds is 4. The van der Waals surface area contributed by atoms with Crippen LogP contribution in [0.1, 0.15) is 33.5 Å². The van der Waals surface area contributed by atoms with E-state index in [1.165, 1.54) is 10.9 Å². The number of aromatic nitrogens is 4. The van der Waals surface area contributed by atoms with E-state index in [0.717, 1.165) is 0 Å². The van der Waals surface area contributed by atoms with E-state index in [-0.39, 0.29) is 11.6 Å². The summed E-state index contributed by atoms with van der Waals surface area (Å²) in [5.74, 6) is -0.990. The van der Waals surface area contributed by atoms with Crippen LogP contribution in [0.15, 0.2) is 12.4 Å². The van der Waals surface area contributed by atoms with Crippen molar-refractivity contribution in [3.63, 3.8) is 0 Å². The largest absolute Gasteiger partial charge is 0.364 e. The fourth-order valence-electron chi connectivity index (χ4n) is 1.99. The number of carbonyl (C=O) groups excluding carboxylic acids is 2. The summed E-state index contributed by atoms with van der Waals surface area (Å²) in [7, 11) is 1.73. The van der Waals surface area contributed by atoms with Crippen LogP contribution in [0.2, 0.25) is 0 Å². The lowest BCUT2D eigenvalue weighted by Gasteiger charge is -2.05. The zero-order chi connectivity index (χ0) is 14.9. The molecule has 8 nitrogen and oxygen atoms in total. The molecule has 2 heterocycles. The lowest BCUT2D eigenvalue weighted by molar-refractivity contribution is 0.0991. The first-order valence-corrected chi connectivity index (χ1v) is 6.11. The lowest BCUT2D eigenvalue weighted by Crippen LogP contribution is -2.21. The molecule has 0 bridgehead atoms. The molecule has 106 valence electrons. The molecule has 0 saturated carbocycles. The Morgan fingerprint density at radius 1 is 1.45 bits per heavy atom. The molecule has 0 spiro atoms. The molecule has 3 N–H and O–H groups in total. The van der Waals surface area contributed by atoms with Crippen LogP contribution in [0.3, 0.4) is 0 Å². The van der Waals surface area contributed by atoms with E-state index in [2.05, 4.69) is 15.5 Å². The number of nitrogens with zero attached hydrogens (tertiary/aromatic N) is 4. The van der Waals surface area contributed by atoms with Crippen molar-refractivity contribution < 1.29 is 9.59 Å². The molecule has 0 unspecified atom stereocenters. The van der Waals surface area contributed by atoms with Crippen molar-refractivity contribution >= 4 is 17.5 Å². The first kappa shape index (κ1) is 13.8.